The Morgan fingerprint density at radius 2 is 1.60 bits per heavy atom. The smallest absolute Gasteiger partial charge is 0.326 e. The molecule has 1 aromatic carbocycles. The number of aliphatic carboxylic acids is 1. The van der Waals surface area contributed by atoms with Crippen LogP contribution in [0.5, 0.6) is 0 Å². The van der Waals surface area contributed by atoms with Gasteiger partial charge in [0.2, 0.25) is 23.6 Å². The van der Waals surface area contributed by atoms with Crippen molar-refractivity contribution in [3.05, 3.63) is 36.0 Å². The first-order chi connectivity index (χ1) is 19.8. The van der Waals surface area contributed by atoms with Crippen LogP contribution in [0.1, 0.15) is 45.1 Å². The molecule has 4 amide bonds. The molecule has 2 aromatic rings. The fourth-order valence-electron chi connectivity index (χ4n) is 4.25. The van der Waals surface area contributed by atoms with Crippen molar-refractivity contribution in [2.75, 3.05) is 6.54 Å². The van der Waals surface area contributed by atoms with E-state index in [0.29, 0.717) is 5.56 Å². The number of aliphatic imine (C=N–C) groups is 1. The molecule has 15 nitrogen and oxygen atoms in total. The average molecular weight is 588 g/mol. The van der Waals surface area contributed by atoms with Crippen LogP contribution in [0, 0.1) is 5.92 Å². The molecule has 230 valence electrons. The summed E-state index contributed by atoms with van der Waals surface area (Å²) in [7, 11) is 0. The van der Waals surface area contributed by atoms with Crippen LogP contribution in [0.3, 0.4) is 0 Å². The van der Waals surface area contributed by atoms with Crippen molar-refractivity contribution in [2.24, 2.45) is 33.8 Å². The molecule has 0 saturated heterocycles. The van der Waals surface area contributed by atoms with Crippen molar-refractivity contribution in [3.8, 4) is 0 Å². The molecule has 0 aliphatic heterocycles. The Kier molecular flexibility index (Phi) is 12.7. The number of primary amides is 1. The Bertz CT molecular complexity index is 1290. The monoisotopic (exact) mass is 587 g/mol. The van der Waals surface area contributed by atoms with Gasteiger partial charge < -0.3 is 49.0 Å². The molecular formula is C27H41N9O6. The van der Waals surface area contributed by atoms with Gasteiger partial charge in [-0.25, -0.2) is 4.79 Å². The number of hydrogen-bond donors (Lipinski definition) is 9. The van der Waals surface area contributed by atoms with Crippen LogP contribution in [-0.4, -0.2) is 76.4 Å². The van der Waals surface area contributed by atoms with E-state index < -0.39 is 59.7 Å². The summed E-state index contributed by atoms with van der Waals surface area (Å²) in [5.74, 6) is -4.46. The van der Waals surface area contributed by atoms with Gasteiger partial charge in [-0.1, -0.05) is 32.0 Å². The quantitative estimate of drug-likeness (QED) is 0.0594. The highest BCUT2D eigenvalue weighted by Gasteiger charge is 2.32. The minimum Gasteiger partial charge on any atom is -0.480 e. The van der Waals surface area contributed by atoms with Crippen molar-refractivity contribution in [1.29, 1.82) is 0 Å². The highest BCUT2D eigenvalue weighted by Crippen LogP contribution is 2.19. The number of H-pyrrole nitrogens is 1. The number of nitrogens with two attached hydrogens (primary N) is 4. The van der Waals surface area contributed by atoms with E-state index in [-0.39, 0.29) is 44.6 Å². The number of hydrogen-bond acceptors (Lipinski definition) is 7. The van der Waals surface area contributed by atoms with Gasteiger partial charge in [-0.05, 0) is 36.8 Å². The third-order valence-electron chi connectivity index (χ3n) is 6.58. The SMILES string of the molecule is CC(C)C(NC(=O)C(N)CCC(N)=O)C(=O)NC(Cc1c[nH]c2ccccc12)C(=O)NC(CCCN=C(N)N)C(=O)O. The van der Waals surface area contributed by atoms with Gasteiger partial charge in [0.25, 0.3) is 0 Å². The summed E-state index contributed by atoms with van der Waals surface area (Å²) in [4.78, 5) is 69.4. The Morgan fingerprint density at radius 3 is 2.21 bits per heavy atom. The minimum absolute atomic E-state index is 0.00104. The first kappa shape index (κ1) is 33.5. The van der Waals surface area contributed by atoms with Crippen LogP contribution in [0.25, 0.3) is 10.9 Å². The van der Waals surface area contributed by atoms with Crippen molar-refractivity contribution in [3.63, 3.8) is 0 Å². The lowest BCUT2D eigenvalue weighted by Crippen LogP contribution is -2.58. The molecule has 2 rings (SSSR count). The van der Waals surface area contributed by atoms with E-state index in [1.54, 1.807) is 20.0 Å². The van der Waals surface area contributed by atoms with E-state index in [4.69, 9.17) is 22.9 Å². The fourth-order valence-corrected chi connectivity index (χ4v) is 4.25. The standard InChI is InChI=1S/C27H41N9O6/c1-14(2)22(36-23(38)17(28)9-10-21(29)37)25(40)35-20(12-15-13-33-18-7-4-3-6-16(15)18)24(39)34-19(26(41)42)8-5-11-32-27(30)31/h3-4,6-7,13-14,17,19-20,22,33H,5,8-12,28H2,1-2H3,(H2,29,37)(H,34,39)(H,35,40)(H,36,38)(H,41,42)(H4,30,31,32). The zero-order chi connectivity index (χ0) is 31.4. The molecule has 0 bridgehead atoms. The predicted octanol–water partition coefficient (Wildman–Crippen LogP) is -1.45. The van der Waals surface area contributed by atoms with Crippen molar-refractivity contribution in [2.45, 2.75) is 70.1 Å². The van der Waals surface area contributed by atoms with Gasteiger partial charge in [-0.3, -0.25) is 24.2 Å². The molecule has 0 aliphatic rings. The summed E-state index contributed by atoms with van der Waals surface area (Å²) in [6, 6.07) is 2.77. The average Bonchev–Trinajstić information content (AvgIpc) is 3.33. The van der Waals surface area contributed by atoms with E-state index in [1.165, 1.54) is 0 Å². The number of nitrogens with one attached hydrogen (secondary N) is 4. The second kappa shape index (κ2) is 16.0. The molecule has 13 N–H and O–H groups in total. The van der Waals surface area contributed by atoms with Crippen LogP contribution in [0.4, 0.5) is 0 Å². The Balaban J connectivity index is 2.26. The van der Waals surface area contributed by atoms with Crippen LogP contribution in [0.2, 0.25) is 0 Å². The van der Waals surface area contributed by atoms with Crippen LogP contribution in [-0.2, 0) is 30.4 Å². The van der Waals surface area contributed by atoms with E-state index in [1.807, 2.05) is 24.3 Å². The Labute approximate surface area is 243 Å². The zero-order valence-electron chi connectivity index (χ0n) is 23.8. The van der Waals surface area contributed by atoms with Gasteiger partial charge in [0, 0.05) is 36.5 Å². The number of nitrogens with zero attached hydrogens (tertiary/aromatic N) is 1. The molecule has 0 fully saturated rings. The van der Waals surface area contributed by atoms with Crippen LogP contribution < -0.4 is 38.9 Å². The first-order valence-electron chi connectivity index (χ1n) is 13.6. The lowest BCUT2D eigenvalue weighted by molar-refractivity contribution is -0.142. The van der Waals surface area contributed by atoms with Gasteiger partial charge >= 0.3 is 5.97 Å². The number of amides is 4. The molecule has 1 heterocycles. The predicted molar refractivity (Wildman–Crippen MR) is 157 cm³/mol. The Hall–Kier alpha value is -4.66. The van der Waals surface area contributed by atoms with Gasteiger partial charge in [-0.15, -0.1) is 0 Å². The number of aromatic nitrogens is 1. The van der Waals surface area contributed by atoms with Gasteiger partial charge in [-0.2, -0.15) is 0 Å². The summed E-state index contributed by atoms with van der Waals surface area (Å²) in [5, 5.41) is 18.3. The second-order valence-electron chi connectivity index (χ2n) is 10.3. The maximum Gasteiger partial charge on any atom is 0.326 e. The number of benzene rings is 1. The number of carbonyl (C=O) groups is 5. The number of carboxylic acid groups (broad SMARTS) is 1. The molecule has 4 atom stereocenters. The molecule has 0 aliphatic carbocycles. The number of carbonyl (C=O) groups excluding carboxylic acids is 4. The number of aromatic amines is 1. The van der Waals surface area contributed by atoms with Gasteiger partial charge in [0.05, 0.1) is 6.04 Å². The third-order valence-corrected chi connectivity index (χ3v) is 6.58. The number of fused-ring (bicyclic) bond motifs is 1. The maximum absolute atomic E-state index is 13.5. The normalized spacial score (nSPS) is 13.9. The highest BCUT2D eigenvalue weighted by atomic mass is 16.4. The van der Waals surface area contributed by atoms with E-state index in [0.717, 1.165) is 10.9 Å². The molecule has 1 aromatic heterocycles. The molecule has 0 spiro atoms. The van der Waals surface area contributed by atoms with Gasteiger partial charge in [0.1, 0.15) is 18.1 Å². The summed E-state index contributed by atoms with van der Waals surface area (Å²) in [5.41, 5.74) is 23.1. The molecule has 42 heavy (non-hydrogen) atoms. The highest BCUT2D eigenvalue weighted by molar-refractivity contribution is 5.95. The summed E-state index contributed by atoms with van der Waals surface area (Å²) >= 11 is 0. The van der Waals surface area contributed by atoms with E-state index in [2.05, 4.69) is 25.9 Å². The molecule has 0 radical (unpaired) electrons. The minimum atomic E-state index is -1.27. The Morgan fingerprint density at radius 1 is 0.929 bits per heavy atom. The number of para-hydroxylation sites is 1. The topological polar surface area (TPSA) is 274 Å². The third kappa shape index (κ3) is 10.4. The van der Waals surface area contributed by atoms with Crippen molar-refractivity contribution >= 4 is 46.5 Å². The molecule has 15 heteroatoms. The second-order valence-corrected chi connectivity index (χ2v) is 10.3. The molecular weight excluding hydrogens is 546 g/mol. The summed E-state index contributed by atoms with van der Waals surface area (Å²) in [6.45, 7) is 3.57. The van der Waals surface area contributed by atoms with Crippen LogP contribution >= 0.6 is 0 Å². The van der Waals surface area contributed by atoms with Crippen molar-refractivity contribution < 1.29 is 29.1 Å². The first-order valence-corrected chi connectivity index (χ1v) is 13.6. The van der Waals surface area contributed by atoms with E-state index >= 15 is 0 Å². The van der Waals surface area contributed by atoms with E-state index in [9.17, 15) is 29.1 Å². The number of carboxylic acids is 1. The lowest BCUT2D eigenvalue weighted by atomic mass is 9.99. The summed E-state index contributed by atoms with van der Waals surface area (Å²) < 4.78 is 0. The molecule has 0 saturated carbocycles. The maximum atomic E-state index is 13.5. The van der Waals surface area contributed by atoms with Gasteiger partial charge in [0.15, 0.2) is 5.96 Å². The number of rotatable bonds is 17. The largest absolute Gasteiger partial charge is 0.480 e. The lowest BCUT2D eigenvalue weighted by Gasteiger charge is -2.27. The molecule has 4 unspecified atom stereocenters. The van der Waals surface area contributed by atoms with Crippen LogP contribution in [0.15, 0.2) is 35.5 Å². The summed E-state index contributed by atoms with van der Waals surface area (Å²) in [6.07, 6.45) is 1.96. The zero-order valence-corrected chi connectivity index (χ0v) is 23.8. The van der Waals surface area contributed by atoms with Crippen molar-refractivity contribution in [1.82, 2.24) is 20.9 Å². The fraction of sp³-hybridized carbons (Fsp3) is 0.481. The number of guanidine groups is 1.